The van der Waals surface area contributed by atoms with E-state index in [2.05, 4.69) is 13.2 Å². The quantitative estimate of drug-likeness (QED) is 0.445. The number of β-amino-alcohol motifs (C(OH)–C–C–N with tert-alkyl or cyclic N) is 1. The third-order valence-corrected chi connectivity index (χ3v) is 8.65. The number of rotatable bonds is 10. The molecule has 5 atom stereocenters. The van der Waals surface area contributed by atoms with Crippen molar-refractivity contribution < 1.29 is 24.2 Å². The fourth-order valence-electron chi connectivity index (χ4n) is 6.84. The summed E-state index contributed by atoms with van der Waals surface area (Å²) in [6.45, 7) is 9.55. The average molecular weight is 564 g/mol. The lowest BCUT2D eigenvalue weighted by molar-refractivity contribution is -0.141. The minimum absolute atomic E-state index is 0.0546. The van der Waals surface area contributed by atoms with Gasteiger partial charge in [0.1, 0.15) is 11.6 Å². The van der Waals surface area contributed by atoms with Gasteiger partial charge in [0.25, 0.3) is 5.91 Å². The van der Waals surface area contributed by atoms with Crippen LogP contribution >= 0.6 is 11.6 Å². The van der Waals surface area contributed by atoms with Crippen LogP contribution in [0.25, 0.3) is 0 Å². The molecule has 3 amide bonds. The number of anilines is 2. The van der Waals surface area contributed by atoms with E-state index in [1.165, 1.54) is 9.80 Å². The van der Waals surface area contributed by atoms with Crippen LogP contribution in [0, 0.1) is 18.8 Å². The molecule has 8 nitrogen and oxygen atoms in total. The molecular formula is C31H34ClN3O5. The number of hydrogen-bond donors (Lipinski definition) is 1. The number of aryl methyl sites for hydroxylation is 1. The summed E-state index contributed by atoms with van der Waals surface area (Å²) < 4.78 is 6.56. The van der Waals surface area contributed by atoms with Gasteiger partial charge in [-0.1, -0.05) is 54.1 Å². The molecule has 0 aromatic heterocycles. The van der Waals surface area contributed by atoms with E-state index in [-0.39, 0.29) is 44.0 Å². The van der Waals surface area contributed by atoms with E-state index >= 15 is 0 Å². The Morgan fingerprint density at radius 3 is 2.45 bits per heavy atom. The van der Waals surface area contributed by atoms with Gasteiger partial charge < -0.3 is 24.5 Å². The van der Waals surface area contributed by atoms with Gasteiger partial charge in [0.15, 0.2) is 0 Å². The molecule has 1 N–H and O–H groups in total. The van der Waals surface area contributed by atoms with E-state index < -0.39 is 29.6 Å². The van der Waals surface area contributed by atoms with Crippen LogP contribution in [0.4, 0.5) is 11.4 Å². The lowest BCUT2D eigenvalue weighted by Crippen LogP contribution is -2.57. The third kappa shape index (κ3) is 4.35. The lowest BCUT2D eigenvalue weighted by atomic mass is 9.70. The molecule has 0 radical (unpaired) electrons. The van der Waals surface area contributed by atoms with Crippen molar-refractivity contribution in [3.05, 3.63) is 84.4 Å². The summed E-state index contributed by atoms with van der Waals surface area (Å²) in [7, 11) is 0. The number of carbonyl (C=O) groups excluding carboxylic acids is 3. The molecular weight excluding hydrogens is 530 g/mol. The van der Waals surface area contributed by atoms with Crippen LogP contribution in [-0.4, -0.2) is 71.7 Å². The number of likely N-dealkylation sites (tertiary alicyclic amines) is 1. The molecule has 9 heteroatoms. The van der Waals surface area contributed by atoms with Gasteiger partial charge in [-0.15, -0.1) is 13.2 Å². The van der Waals surface area contributed by atoms with Crippen molar-refractivity contribution in [2.24, 2.45) is 11.8 Å². The zero-order chi connectivity index (χ0) is 28.6. The monoisotopic (exact) mass is 563 g/mol. The molecule has 2 aromatic carbocycles. The SMILES string of the molecule is C=CCN(C(=O)[C@@H]1[C@H]2C(=O)N(CCO)C(C(=O)N(CC=C)c3c(C)cccc3Cl)C23CC[C@H]1O3)c1ccccc1. The fourth-order valence-corrected chi connectivity index (χ4v) is 7.16. The maximum Gasteiger partial charge on any atom is 0.253 e. The Morgan fingerprint density at radius 2 is 1.80 bits per heavy atom. The van der Waals surface area contributed by atoms with Crippen molar-refractivity contribution in [3.8, 4) is 0 Å². The summed E-state index contributed by atoms with van der Waals surface area (Å²) in [4.78, 5) is 47.3. The molecule has 5 rings (SSSR count). The van der Waals surface area contributed by atoms with Gasteiger partial charge in [-0.25, -0.2) is 0 Å². The second kappa shape index (κ2) is 11.2. The Bertz CT molecular complexity index is 1310. The van der Waals surface area contributed by atoms with E-state index in [9.17, 15) is 19.5 Å². The summed E-state index contributed by atoms with van der Waals surface area (Å²) in [6, 6.07) is 13.6. The Labute approximate surface area is 239 Å². The van der Waals surface area contributed by atoms with E-state index in [1.807, 2.05) is 49.4 Å². The van der Waals surface area contributed by atoms with Crippen LogP contribution in [0.5, 0.6) is 0 Å². The maximum absolute atomic E-state index is 14.5. The van der Waals surface area contributed by atoms with Gasteiger partial charge in [0, 0.05) is 25.3 Å². The smallest absolute Gasteiger partial charge is 0.253 e. The summed E-state index contributed by atoms with van der Waals surface area (Å²) in [5.74, 6) is -2.59. The first-order valence-electron chi connectivity index (χ1n) is 13.5. The first-order chi connectivity index (χ1) is 19.3. The molecule has 2 unspecified atom stereocenters. The van der Waals surface area contributed by atoms with Crippen LogP contribution in [0.3, 0.4) is 0 Å². The van der Waals surface area contributed by atoms with Crippen LogP contribution in [0.2, 0.25) is 5.02 Å². The van der Waals surface area contributed by atoms with E-state index in [0.29, 0.717) is 29.2 Å². The Balaban J connectivity index is 1.57. The first kappa shape index (κ1) is 28.1. The predicted molar refractivity (Wildman–Crippen MR) is 154 cm³/mol. The highest BCUT2D eigenvalue weighted by Gasteiger charge is 2.75. The number of ether oxygens (including phenoxy) is 1. The fraction of sp³-hybridized carbons (Fsp3) is 0.387. The van der Waals surface area contributed by atoms with Crippen LogP contribution in [-0.2, 0) is 19.1 Å². The van der Waals surface area contributed by atoms with Crippen LogP contribution in [0.15, 0.2) is 73.8 Å². The highest BCUT2D eigenvalue weighted by Crippen LogP contribution is 2.59. The van der Waals surface area contributed by atoms with Crippen molar-refractivity contribution >= 4 is 40.7 Å². The minimum Gasteiger partial charge on any atom is -0.395 e. The molecule has 2 aromatic rings. The lowest BCUT2D eigenvalue weighted by Gasteiger charge is -2.37. The molecule has 0 saturated carbocycles. The zero-order valence-electron chi connectivity index (χ0n) is 22.5. The zero-order valence-corrected chi connectivity index (χ0v) is 23.3. The highest BCUT2D eigenvalue weighted by molar-refractivity contribution is 6.34. The summed E-state index contributed by atoms with van der Waals surface area (Å²) in [5, 5.41) is 10.3. The van der Waals surface area contributed by atoms with Gasteiger partial charge in [0.2, 0.25) is 11.8 Å². The van der Waals surface area contributed by atoms with Crippen molar-refractivity contribution in [2.45, 2.75) is 37.5 Å². The van der Waals surface area contributed by atoms with Gasteiger partial charge in [0.05, 0.1) is 35.3 Å². The number of aliphatic hydroxyl groups excluding tert-OH is 1. The molecule has 3 aliphatic rings. The second-order valence-electron chi connectivity index (χ2n) is 10.5. The summed E-state index contributed by atoms with van der Waals surface area (Å²) >= 11 is 6.57. The van der Waals surface area contributed by atoms with Gasteiger partial charge >= 0.3 is 0 Å². The number of aliphatic hydroxyl groups is 1. The van der Waals surface area contributed by atoms with E-state index in [0.717, 1.165) is 5.56 Å². The topological polar surface area (TPSA) is 90.4 Å². The number of nitrogens with zero attached hydrogens (tertiary/aromatic N) is 3. The number of para-hydroxylation sites is 2. The van der Waals surface area contributed by atoms with Crippen LogP contribution in [0.1, 0.15) is 18.4 Å². The van der Waals surface area contributed by atoms with Crippen molar-refractivity contribution in [2.75, 3.05) is 36.0 Å². The van der Waals surface area contributed by atoms with Gasteiger partial charge in [-0.05, 0) is 43.5 Å². The molecule has 3 fully saturated rings. The molecule has 210 valence electrons. The number of halogens is 1. The predicted octanol–water partition coefficient (Wildman–Crippen LogP) is 3.75. The number of fused-ring (bicyclic) bond motifs is 1. The number of amides is 3. The van der Waals surface area contributed by atoms with Gasteiger partial charge in [-0.2, -0.15) is 0 Å². The third-order valence-electron chi connectivity index (χ3n) is 8.34. The number of benzene rings is 2. The largest absolute Gasteiger partial charge is 0.395 e. The maximum atomic E-state index is 14.5. The molecule has 3 heterocycles. The standard InChI is InChI=1S/C31H34ClN3O5/c1-4-16-33(21-11-7-6-8-12-21)28(37)24-23-14-15-31(40-23)25(24)29(38)35(18-19-36)27(31)30(39)34(17-5-2)26-20(3)10-9-13-22(26)32/h4-13,23-25,27,36H,1-2,14-19H2,3H3/t23-,24+,25+,27?,31?/m1/s1. The highest BCUT2D eigenvalue weighted by atomic mass is 35.5. The van der Waals surface area contributed by atoms with Gasteiger partial charge in [-0.3, -0.25) is 14.4 Å². The van der Waals surface area contributed by atoms with Crippen molar-refractivity contribution in [1.82, 2.24) is 4.90 Å². The Hall–Kier alpha value is -3.46. The van der Waals surface area contributed by atoms with Crippen molar-refractivity contribution in [1.29, 1.82) is 0 Å². The van der Waals surface area contributed by atoms with Crippen molar-refractivity contribution in [3.63, 3.8) is 0 Å². The molecule has 1 spiro atoms. The van der Waals surface area contributed by atoms with Crippen LogP contribution < -0.4 is 9.80 Å². The molecule has 3 aliphatic heterocycles. The Morgan fingerprint density at radius 1 is 1.10 bits per heavy atom. The normalized spacial score (nSPS) is 26.5. The van der Waals surface area contributed by atoms with E-state index in [1.54, 1.807) is 23.1 Å². The molecule has 3 saturated heterocycles. The summed E-state index contributed by atoms with van der Waals surface area (Å²) in [6.07, 6.45) is 3.75. The molecule has 40 heavy (non-hydrogen) atoms. The second-order valence-corrected chi connectivity index (χ2v) is 10.9. The summed E-state index contributed by atoms with van der Waals surface area (Å²) in [5.41, 5.74) is 0.828. The molecule has 2 bridgehead atoms. The van der Waals surface area contributed by atoms with E-state index in [4.69, 9.17) is 16.3 Å². The average Bonchev–Trinajstić information content (AvgIpc) is 3.59. The minimum atomic E-state index is -1.19. The number of hydrogen-bond acceptors (Lipinski definition) is 5. The first-order valence-corrected chi connectivity index (χ1v) is 13.9. The number of carbonyl (C=O) groups is 3. The molecule has 0 aliphatic carbocycles. The Kier molecular flexibility index (Phi) is 7.86.